The van der Waals surface area contributed by atoms with Crippen molar-refractivity contribution in [1.82, 2.24) is 10.2 Å². The maximum Gasteiger partial charge on any atom is 0.231 e. The van der Waals surface area contributed by atoms with Gasteiger partial charge < -0.3 is 19.7 Å². The molecule has 0 radical (unpaired) electrons. The van der Waals surface area contributed by atoms with Crippen LogP contribution in [-0.4, -0.2) is 37.9 Å². The predicted molar refractivity (Wildman–Crippen MR) is 72.0 cm³/mol. The van der Waals surface area contributed by atoms with E-state index in [0.29, 0.717) is 6.79 Å². The smallest absolute Gasteiger partial charge is 0.231 e. The first-order valence-corrected chi connectivity index (χ1v) is 6.26. The Morgan fingerprint density at radius 3 is 2.67 bits per heavy atom. The zero-order chi connectivity index (χ0) is 13.2. The lowest BCUT2D eigenvalue weighted by Crippen LogP contribution is -2.46. The molecule has 0 aliphatic carbocycles. The van der Waals surface area contributed by atoms with Crippen LogP contribution >= 0.6 is 0 Å². The monoisotopic (exact) mass is 250 g/mol. The zero-order valence-corrected chi connectivity index (χ0v) is 11.6. The van der Waals surface area contributed by atoms with Crippen LogP contribution in [0, 0.1) is 0 Å². The summed E-state index contributed by atoms with van der Waals surface area (Å²) in [5, 5.41) is 3.48. The first-order valence-electron chi connectivity index (χ1n) is 6.26. The Bertz CT molecular complexity index is 416. The van der Waals surface area contributed by atoms with E-state index in [-0.39, 0.29) is 5.54 Å². The Morgan fingerprint density at radius 2 is 1.94 bits per heavy atom. The van der Waals surface area contributed by atoms with Gasteiger partial charge in [-0.05, 0) is 45.6 Å². The highest BCUT2D eigenvalue weighted by atomic mass is 16.7. The number of fused-ring (bicyclic) bond motifs is 1. The predicted octanol–water partition coefficient (Wildman–Crippen LogP) is 1.85. The van der Waals surface area contributed by atoms with E-state index in [1.54, 1.807) is 0 Å². The van der Waals surface area contributed by atoms with Gasteiger partial charge in [0.2, 0.25) is 6.79 Å². The van der Waals surface area contributed by atoms with Crippen molar-refractivity contribution in [3.63, 3.8) is 0 Å². The fraction of sp³-hybridized carbons (Fsp3) is 0.571. The Kier molecular flexibility index (Phi) is 3.78. The molecule has 1 aliphatic heterocycles. The number of hydrogen-bond acceptors (Lipinski definition) is 4. The molecule has 0 aromatic heterocycles. The minimum atomic E-state index is 0.149. The lowest BCUT2D eigenvalue weighted by molar-refractivity contribution is 0.174. The van der Waals surface area contributed by atoms with Gasteiger partial charge in [-0.3, -0.25) is 0 Å². The number of likely N-dealkylation sites (N-methyl/N-ethyl adjacent to an activating group) is 1. The highest BCUT2D eigenvalue weighted by molar-refractivity contribution is 5.44. The van der Waals surface area contributed by atoms with Crippen LogP contribution in [0.1, 0.15) is 19.4 Å². The third kappa shape index (κ3) is 2.94. The van der Waals surface area contributed by atoms with Crippen molar-refractivity contribution in [1.29, 1.82) is 0 Å². The second-order valence-corrected chi connectivity index (χ2v) is 5.50. The van der Waals surface area contributed by atoms with Crippen molar-refractivity contribution in [3.8, 4) is 11.5 Å². The maximum atomic E-state index is 5.37. The molecule has 1 N–H and O–H groups in total. The van der Waals surface area contributed by atoms with Gasteiger partial charge >= 0.3 is 0 Å². The summed E-state index contributed by atoms with van der Waals surface area (Å²) in [4.78, 5) is 2.22. The third-order valence-electron chi connectivity index (χ3n) is 3.53. The molecular weight excluding hydrogens is 228 g/mol. The number of nitrogens with one attached hydrogen (secondary N) is 1. The highest BCUT2D eigenvalue weighted by Gasteiger charge is 2.19. The number of rotatable bonds is 5. The molecule has 0 atom stereocenters. The molecule has 0 unspecified atom stereocenters. The molecule has 0 spiro atoms. The quantitative estimate of drug-likeness (QED) is 0.864. The Morgan fingerprint density at radius 1 is 1.22 bits per heavy atom. The second kappa shape index (κ2) is 5.16. The van der Waals surface area contributed by atoms with Crippen LogP contribution in [0.2, 0.25) is 0 Å². The van der Waals surface area contributed by atoms with Gasteiger partial charge in [-0.25, -0.2) is 0 Å². The molecule has 1 aromatic rings. The summed E-state index contributed by atoms with van der Waals surface area (Å²) in [6.07, 6.45) is 0. The number of benzene rings is 1. The topological polar surface area (TPSA) is 33.7 Å². The Balaban J connectivity index is 1.87. The third-order valence-corrected chi connectivity index (χ3v) is 3.53. The minimum Gasteiger partial charge on any atom is -0.454 e. The summed E-state index contributed by atoms with van der Waals surface area (Å²) in [6, 6.07) is 6.08. The molecule has 0 saturated carbocycles. The lowest BCUT2D eigenvalue weighted by Gasteiger charge is -2.32. The van der Waals surface area contributed by atoms with Crippen LogP contribution in [0.15, 0.2) is 18.2 Å². The summed E-state index contributed by atoms with van der Waals surface area (Å²) < 4.78 is 10.7. The van der Waals surface area contributed by atoms with Crippen LogP contribution in [0.3, 0.4) is 0 Å². The fourth-order valence-electron chi connectivity index (χ4n) is 1.72. The highest BCUT2D eigenvalue weighted by Crippen LogP contribution is 2.32. The number of nitrogens with zero attached hydrogens (tertiary/aromatic N) is 1. The van der Waals surface area contributed by atoms with E-state index < -0.39 is 0 Å². The van der Waals surface area contributed by atoms with E-state index in [1.807, 2.05) is 12.1 Å². The summed E-state index contributed by atoms with van der Waals surface area (Å²) in [5.74, 6) is 1.69. The van der Waals surface area contributed by atoms with Crippen molar-refractivity contribution in [3.05, 3.63) is 23.8 Å². The van der Waals surface area contributed by atoms with Crippen LogP contribution in [0.5, 0.6) is 11.5 Å². The summed E-state index contributed by atoms with van der Waals surface area (Å²) in [5.41, 5.74) is 1.37. The van der Waals surface area contributed by atoms with Crippen molar-refractivity contribution >= 4 is 0 Å². The van der Waals surface area contributed by atoms with Crippen LogP contribution in [-0.2, 0) is 6.54 Å². The number of hydrogen-bond donors (Lipinski definition) is 1. The van der Waals surface area contributed by atoms with Gasteiger partial charge in [0.1, 0.15) is 0 Å². The van der Waals surface area contributed by atoms with Crippen LogP contribution in [0.4, 0.5) is 0 Å². The summed E-state index contributed by atoms with van der Waals surface area (Å²) >= 11 is 0. The molecule has 1 aromatic carbocycles. The number of ether oxygens (including phenoxy) is 2. The van der Waals surface area contributed by atoms with E-state index in [9.17, 15) is 0 Å². The fourth-order valence-corrected chi connectivity index (χ4v) is 1.72. The van der Waals surface area contributed by atoms with Gasteiger partial charge in [-0.2, -0.15) is 0 Å². The van der Waals surface area contributed by atoms with E-state index in [2.05, 4.69) is 44.2 Å². The molecule has 100 valence electrons. The van der Waals surface area contributed by atoms with Crippen molar-refractivity contribution in [2.45, 2.75) is 25.9 Å². The molecule has 0 bridgehead atoms. The van der Waals surface area contributed by atoms with Gasteiger partial charge in [-0.15, -0.1) is 0 Å². The Hall–Kier alpha value is -1.26. The summed E-state index contributed by atoms with van der Waals surface area (Å²) in [6.45, 7) is 6.56. The Labute approximate surface area is 109 Å². The van der Waals surface area contributed by atoms with E-state index in [0.717, 1.165) is 24.6 Å². The second-order valence-electron chi connectivity index (χ2n) is 5.50. The summed E-state index contributed by atoms with van der Waals surface area (Å²) in [7, 11) is 4.20. The lowest BCUT2D eigenvalue weighted by atomic mass is 10.0. The average molecular weight is 250 g/mol. The van der Waals surface area contributed by atoms with Gasteiger partial charge in [0.15, 0.2) is 11.5 Å². The molecular formula is C14H22N2O2. The standard InChI is InChI=1S/C14H22N2O2/c1-14(2,16(3)4)9-15-8-11-5-6-12-13(7-11)18-10-17-12/h5-7,15H,8-10H2,1-4H3. The SMILES string of the molecule is CN(C)C(C)(C)CNCc1ccc2c(c1)OCO2. The van der Waals surface area contributed by atoms with Gasteiger partial charge in [0, 0.05) is 18.6 Å². The molecule has 4 nitrogen and oxygen atoms in total. The van der Waals surface area contributed by atoms with Crippen molar-refractivity contribution in [2.24, 2.45) is 0 Å². The molecule has 4 heteroatoms. The molecule has 2 rings (SSSR count). The van der Waals surface area contributed by atoms with E-state index in [1.165, 1.54) is 5.56 Å². The van der Waals surface area contributed by atoms with Gasteiger partial charge in [0.05, 0.1) is 0 Å². The first kappa shape index (κ1) is 13.2. The molecule has 0 fully saturated rings. The van der Waals surface area contributed by atoms with E-state index in [4.69, 9.17) is 9.47 Å². The first-order chi connectivity index (χ1) is 8.49. The zero-order valence-electron chi connectivity index (χ0n) is 11.6. The van der Waals surface area contributed by atoms with Crippen molar-refractivity contribution in [2.75, 3.05) is 27.4 Å². The van der Waals surface area contributed by atoms with Crippen molar-refractivity contribution < 1.29 is 9.47 Å². The van der Waals surface area contributed by atoms with E-state index >= 15 is 0 Å². The molecule has 0 saturated heterocycles. The molecule has 0 amide bonds. The molecule has 1 aliphatic rings. The molecule has 18 heavy (non-hydrogen) atoms. The minimum absolute atomic E-state index is 0.149. The maximum absolute atomic E-state index is 5.37. The molecule has 1 heterocycles. The van der Waals surface area contributed by atoms with Gasteiger partial charge in [0.25, 0.3) is 0 Å². The van der Waals surface area contributed by atoms with Crippen LogP contribution in [0.25, 0.3) is 0 Å². The average Bonchev–Trinajstić information content (AvgIpc) is 2.75. The largest absolute Gasteiger partial charge is 0.454 e. The normalized spacial score (nSPS) is 14.3. The van der Waals surface area contributed by atoms with Gasteiger partial charge in [-0.1, -0.05) is 6.07 Å². The van der Waals surface area contributed by atoms with Crippen LogP contribution < -0.4 is 14.8 Å².